The van der Waals surface area contributed by atoms with Crippen LogP contribution in [0.2, 0.25) is 0 Å². The van der Waals surface area contributed by atoms with Gasteiger partial charge in [-0.1, -0.05) is 26.7 Å². The third-order valence-corrected chi connectivity index (χ3v) is 4.44. The van der Waals surface area contributed by atoms with Crippen LogP contribution < -0.4 is 0 Å². The molecule has 0 rings (SSSR count). The summed E-state index contributed by atoms with van der Waals surface area (Å²) in [6.07, 6.45) is 3.41. The lowest BCUT2D eigenvalue weighted by atomic mass is 10.4. The van der Waals surface area contributed by atoms with Gasteiger partial charge in [0, 0.05) is 11.5 Å². The highest BCUT2D eigenvalue weighted by Gasteiger charge is 2.30. The van der Waals surface area contributed by atoms with Crippen LogP contribution in [-0.4, -0.2) is 26.5 Å². The van der Waals surface area contributed by atoms with Crippen molar-refractivity contribution in [1.82, 2.24) is 0 Å². The van der Waals surface area contributed by atoms with Crippen LogP contribution in [0.4, 0.5) is 0 Å². The monoisotopic (exact) mass is 250 g/mol. The van der Waals surface area contributed by atoms with Crippen LogP contribution in [0, 0.1) is 20.2 Å². The molecule has 94 valence electrons. The van der Waals surface area contributed by atoms with Gasteiger partial charge in [0.1, 0.15) is 9.85 Å². The van der Waals surface area contributed by atoms with E-state index < -0.39 is 25.4 Å². The molecule has 0 aromatic rings. The standard InChI is InChI=1S/C9H18N2O4S/c1-3-5-7-16(8-6-4-2)9(10(12)13)11(14)15/h3-8H2,1-2H3. The fourth-order valence-electron chi connectivity index (χ4n) is 1.20. The average molecular weight is 250 g/mol. The van der Waals surface area contributed by atoms with E-state index in [0.717, 1.165) is 25.7 Å². The second kappa shape index (κ2) is 8.20. The molecule has 0 aromatic carbocycles. The highest BCUT2D eigenvalue weighted by Crippen LogP contribution is 2.20. The Hall–Kier alpha value is -0.980. The minimum atomic E-state index is -0.825. The summed E-state index contributed by atoms with van der Waals surface area (Å²) in [6.45, 7) is 3.94. The number of hydrogen-bond acceptors (Lipinski definition) is 4. The number of hydrogen-bond donors (Lipinski definition) is 0. The normalized spacial score (nSPS) is 10.4. The Morgan fingerprint density at radius 2 is 1.38 bits per heavy atom. The van der Waals surface area contributed by atoms with Crippen LogP contribution in [0.1, 0.15) is 39.5 Å². The predicted octanol–water partition coefficient (Wildman–Crippen LogP) is 2.50. The highest BCUT2D eigenvalue weighted by atomic mass is 32.2. The first-order valence-electron chi connectivity index (χ1n) is 5.37. The summed E-state index contributed by atoms with van der Waals surface area (Å²) in [5.74, 6) is 1.13. The summed E-state index contributed by atoms with van der Waals surface area (Å²) in [5.41, 5.74) is 0. The van der Waals surface area contributed by atoms with Gasteiger partial charge in [-0.3, -0.25) is 20.2 Å². The zero-order chi connectivity index (χ0) is 12.6. The van der Waals surface area contributed by atoms with E-state index >= 15 is 0 Å². The second-order valence-corrected chi connectivity index (χ2v) is 5.57. The summed E-state index contributed by atoms with van der Waals surface area (Å²) in [7, 11) is -0.804. The van der Waals surface area contributed by atoms with Crippen LogP contribution in [0.3, 0.4) is 0 Å². The van der Waals surface area contributed by atoms with Gasteiger partial charge in [0.15, 0.2) is 0 Å². The fourth-order valence-corrected chi connectivity index (χ4v) is 3.46. The van der Waals surface area contributed by atoms with Gasteiger partial charge in [-0.05, 0) is 23.3 Å². The van der Waals surface area contributed by atoms with Gasteiger partial charge in [0.05, 0.1) is 0 Å². The van der Waals surface area contributed by atoms with Crippen LogP contribution in [0.15, 0.2) is 0 Å². The Morgan fingerprint density at radius 1 is 1.00 bits per heavy atom. The number of nitrogens with zero attached hydrogens (tertiary/aromatic N) is 2. The van der Waals surface area contributed by atoms with E-state index in [4.69, 9.17) is 0 Å². The van der Waals surface area contributed by atoms with E-state index in [9.17, 15) is 20.2 Å². The Kier molecular flexibility index (Phi) is 7.70. The second-order valence-electron chi connectivity index (χ2n) is 3.40. The van der Waals surface area contributed by atoms with Gasteiger partial charge in [-0.2, -0.15) is 0 Å². The molecule has 16 heavy (non-hydrogen) atoms. The maximum Gasteiger partial charge on any atom is 0.586 e. The van der Waals surface area contributed by atoms with E-state index in [1.807, 2.05) is 13.8 Å². The molecule has 0 saturated heterocycles. The van der Waals surface area contributed by atoms with E-state index in [0.29, 0.717) is 11.5 Å². The Labute approximate surface area is 97.3 Å². The highest BCUT2D eigenvalue weighted by molar-refractivity contribution is 8.15. The third-order valence-electron chi connectivity index (χ3n) is 2.06. The summed E-state index contributed by atoms with van der Waals surface area (Å²) in [5, 5.41) is 20.6. The molecular formula is C9H18N2O4S. The van der Waals surface area contributed by atoms with E-state index in [1.54, 1.807) is 0 Å². The van der Waals surface area contributed by atoms with Crippen molar-refractivity contribution in [2.24, 2.45) is 0 Å². The first-order chi connectivity index (χ1) is 7.54. The molecule has 0 aliphatic carbocycles. The van der Waals surface area contributed by atoms with Crippen LogP contribution in [0.25, 0.3) is 0 Å². The molecule has 0 aliphatic rings. The largest absolute Gasteiger partial charge is 0.586 e. The van der Waals surface area contributed by atoms with Crippen molar-refractivity contribution in [3.8, 4) is 0 Å². The van der Waals surface area contributed by atoms with Gasteiger partial charge in [-0.25, -0.2) is 0 Å². The molecule has 0 amide bonds. The lowest BCUT2D eigenvalue weighted by Gasteiger charge is -2.04. The van der Waals surface area contributed by atoms with Crippen LogP contribution in [-0.2, 0) is 0 Å². The maximum atomic E-state index is 10.6. The molecule has 0 radical (unpaired) electrons. The van der Waals surface area contributed by atoms with Crippen molar-refractivity contribution in [2.45, 2.75) is 39.5 Å². The fraction of sp³-hybridized carbons (Fsp3) is 0.889. The molecule has 0 heterocycles. The van der Waals surface area contributed by atoms with Gasteiger partial charge in [0.25, 0.3) is 0 Å². The SMILES string of the molecule is CCCCS(CCCC)=C([N+](=O)[O-])[N+](=O)[O-]. The van der Waals surface area contributed by atoms with Gasteiger partial charge >= 0.3 is 5.11 Å². The maximum absolute atomic E-state index is 10.6. The van der Waals surface area contributed by atoms with Crippen molar-refractivity contribution < 1.29 is 9.85 Å². The van der Waals surface area contributed by atoms with Gasteiger partial charge in [-0.15, -0.1) is 0 Å². The Morgan fingerprint density at radius 3 is 1.62 bits per heavy atom. The summed E-state index contributed by atoms with van der Waals surface area (Å²) in [4.78, 5) is 19.6. The molecule has 7 heteroatoms. The minimum absolute atomic E-state index is 0.563. The van der Waals surface area contributed by atoms with Gasteiger partial charge in [0.2, 0.25) is 0 Å². The summed E-state index contributed by atoms with van der Waals surface area (Å²) in [6, 6.07) is 0. The van der Waals surface area contributed by atoms with E-state index in [2.05, 4.69) is 0 Å². The molecule has 0 N–H and O–H groups in total. The lowest BCUT2D eigenvalue weighted by molar-refractivity contribution is -0.495. The van der Waals surface area contributed by atoms with Gasteiger partial charge < -0.3 is 0 Å². The van der Waals surface area contributed by atoms with E-state index in [-0.39, 0.29) is 0 Å². The predicted molar refractivity (Wildman–Crippen MR) is 66.1 cm³/mol. The van der Waals surface area contributed by atoms with Crippen LogP contribution >= 0.6 is 10.5 Å². The lowest BCUT2D eigenvalue weighted by Crippen LogP contribution is -2.23. The first kappa shape index (κ1) is 15.0. The first-order valence-corrected chi connectivity index (χ1v) is 6.94. The average Bonchev–Trinajstić information content (AvgIpc) is 2.20. The van der Waals surface area contributed by atoms with Crippen molar-refractivity contribution in [1.29, 1.82) is 0 Å². The summed E-state index contributed by atoms with van der Waals surface area (Å²) >= 11 is 0. The molecule has 0 bridgehead atoms. The molecule has 0 saturated carbocycles. The molecular weight excluding hydrogens is 232 g/mol. The molecule has 0 aliphatic heterocycles. The topological polar surface area (TPSA) is 86.3 Å². The van der Waals surface area contributed by atoms with Crippen molar-refractivity contribution >= 4 is 15.6 Å². The Bertz CT molecular complexity index is 265. The van der Waals surface area contributed by atoms with Crippen molar-refractivity contribution in [3.63, 3.8) is 0 Å². The molecule has 0 fully saturated rings. The third kappa shape index (κ3) is 5.20. The van der Waals surface area contributed by atoms with Crippen LogP contribution in [0.5, 0.6) is 0 Å². The quantitative estimate of drug-likeness (QED) is 0.411. The zero-order valence-corrected chi connectivity index (χ0v) is 10.5. The minimum Gasteiger partial charge on any atom is -0.253 e. The Balaban J connectivity index is 4.94. The zero-order valence-electron chi connectivity index (χ0n) is 9.68. The van der Waals surface area contributed by atoms with Crippen molar-refractivity contribution in [2.75, 3.05) is 11.5 Å². The summed E-state index contributed by atoms with van der Waals surface area (Å²) < 4.78 is 0. The van der Waals surface area contributed by atoms with E-state index in [1.165, 1.54) is 0 Å². The molecule has 0 aromatic heterocycles. The number of unbranched alkanes of at least 4 members (excludes halogenated alkanes) is 2. The molecule has 6 nitrogen and oxygen atoms in total. The molecule has 0 spiro atoms. The number of rotatable bonds is 6. The molecule has 0 atom stereocenters. The number of nitro groups is 2. The smallest absolute Gasteiger partial charge is 0.253 e. The molecule has 0 unspecified atom stereocenters. The van der Waals surface area contributed by atoms with Crippen molar-refractivity contribution in [3.05, 3.63) is 20.2 Å².